The smallest absolute Gasteiger partial charge is 0.194 e. The van der Waals surface area contributed by atoms with Gasteiger partial charge in [0.2, 0.25) is 0 Å². The van der Waals surface area contributed by atoms with Crippen molar-refractivity contribution in [1.82, 2.24) is 34.8 Å². The van der Waals surface area contributed by atoms with Gasteiger partial charge in [-0.15, -0.1) is 10.2 Å². The van der Waals surface area contributed by atoms with E-state index in [4.69, 9.17) is 9.73 Å². The first-order valence-electron chi connectivity index (χ1n) is 12.1. The monoisotopic (exact) mass is 434 g/mol. The van der Waals surface area contributed by atoms with Crippen LogP contribution in [0.1, 0.15) is 33.0 Å². The minimum atomic E-state index is 0.717. The summed E-state index contributed by atoms with van der Waals surface area (Å²) in [5.41, 5.74) is 0. The quantitative estimate of drug-likeness (QED) is 0.331. The molecule has 2 saturated heterocycles. The normalized spacial score (nSPS) is 19.4. The zero-order valence-electron chi connectivity index (χ0n) is 19.8. The lowest BCUT2D eigenvalue weighted by Gasteiger charge is -2.37. The summed E-state index contributed by atoms with van der Waals surface area (Å²) in [7, 11) is 0. The van der Waals surface area contributed by atoms with Crippen LogP contribution in [0, 0.1) is 5.92 Å². The third-order valence-electron chi connectivity index (χ3n) is 5.94. The Balaban J connectivity index is 1.50. The van der Waals surface area contributed by atoms with Crippen molar-refractivity contribution in [3.05, 3.63) is 12.2 Å². The summed E-state index contributed by atoms with van der Waals surface area (Å²) in [4.78, 5) is 12.5. The zero-order chi connectivity index (χ0) is 21.9. The number of morpholine rings is 1. The summed E-state index contributed by atoms with van der Waals surface area (Å²) < 4.78 is 7.58. The second-order valence-corrected chi connectivity index (χ2v) is 8.92. The molecule has 2 aliphatic heterocycles. The summed E-state index contributed by atoms with van der Waals surface area (Å²) in [5, 5.41) is 11.8. The molecular formula is C22H42N8O. The van der Waals surface area contributed by atoms with E-state index < -0.39 is 0 Å². The number of nitrogens with one attached hydrogen (secondary N) is 1. The highest BCUT2D eigenvalue weighted by Gasteiger charge is 2.20. The molecule has 3 rings (SSSR count). The second-order valence-electron chi connectivity index (χ2n) is 8.92. The van der Waals surface area contributed by atoms with E-state index in [1.807, 2.05) is 6.33 Å². The van der Waals surface area contributed by atoms with Crippen LogP contribution in [0.25, 0.3) is 0 Å². The van der Waals surface area contributed by atoms with Gasteiger partial charge in [-0.25, -0.2) is 0 Å². The van der Waals surface area contributed by atoms with E-state index in [1.54, 1.807) is 0 Å². The van der Waals surface area contributed by atoms with Crippen LogP contribution >= 0.6 is 0 Å². The largest absolute Gasteiger partial charge is 0.379 e. The molecular weight excluding hydrogens is 392 g/mol. The maximum absolute atomic E-state index is 5.45. The van der Waals surface area contributed by atoms with Gasteiger partial charge in [0.1, 0.15) is 12.2 Å². The van der Waals surface area contributed by atoms with E-state index in [0.717, 1.165) is 109 Å². The van der Waals surface area contributed by atoms with Crippen LogP contribution in [0.5, 0.6) is 0 Å². The number of aryl methyl sites for hydroxylation is 1. The number of aliphatic imine (C=N–C) groups is 1. The molecule has 1 aromatic rings. The van der Waals surface area contributed by atoms with Crippen molar-refractivity contribution in [3.63, 3.8) is 0 Å². The van der Waals surface area contributed by atoms with Gasteiger partial charge in [-0.1, -0.05) is 20.8 Å². The molecule has 0 unspecified atom stereocenters. The van der Waals surface area contributed by atoms with E-state index in [1.165, 1.54) is 6.54 Å². The minimum Gasteiger partial charge on any atom is -0.379 e. The molecule has 31 heavy (non-hydrogen) atoms. The molecule has 0 amide bonds. The van der Waals surface area contributed by atoms with Crippen molar-refractivity contribution >= 4 is 5.96 Å². The Hall–Kier alpha value is -1.71. The lowest BCUT2D eigenvalue weighted by Crippen LogP contribution is -2.53. The maximum Gasteiger partial charge on any atom is 0.194 e. The van der Waals surface area contributed by atoms with Crippen molar-refractivity contribution in [2.75, 3.05) is 78.7 Å². The number of nitrogens with zero attached hydrogens (tertiary/aromatic N) is 7. The first-order valence-corrected chi connectivity index (χ1v) is 12.1. The number of piperazine rings is 1. The Morgan fingerprint density at radius 3 is 2.58 bits per heavy atom. The fraction of sp³-hybridized carbons (Fsp3) is 0.864. The fourth-order valence-corrected chi connectivity index (χ4v) is 4.26. The Labute approximate surface area is 187 Å². The molecule has 9 heteroatoms. The fourth-order valence-electron chi connectivity index (χ4n) is 4.26. The average Bonchev–Trinajstić information content (AvgIpc) is 3.24. The lowest BCUT2D eigenvalue weighted by molar-refractivity contribution is 0.0377. The number of aromatic nitrogens is 3. The van der Waals surface area contributed by atoms with Crippen molar-refractivity contribution in [2.24, 2.45) is 10.9 Å². The lowest BCUT2D eigenvalue weighted by atomic mass is 10.2. The molecule has 0 spiro atoms. The van der Waals surface area contributed by atoms with Gasteiger partial charge in [-0.2, -0.15) is 0 Å². The third-order valence-corrected chi connectivity index (χ3v) is 5.94. The highest BCUT2D eigenvalue weighted by atomic mass is 16.5. The zero-order valence-corrected chi connectivity index (χ0v) is 19.8. The van der Waals surface area contributed by atoms with Crippen molar-refractivity contribution in [2.45, 2.75) is 40.2 Å². The van der Waals surface area contributed by atoms with Crippen LogP contribution in [0.15, 0.2) is 11.3 Å². The van der Waals surface area contributed by atoms with Crippen LogP contribution in [0.3, 0.4) is 0 Å². The molecule has 0 atom stereocenters. The molecule has 2 fully saturated rings. The third kappa shape index (κ3) is 8.05. The van der Waals surface area contributed by atoms with Crippen molar-refractivity contribution < 1.29 is 4.74 Å². The van der Waals surface area contributed by atoms with Gasteiger partial charge < -0.3 is 19.5 Å². The van der Waals surface area contributed by atoms with Gasteiger partial charge in [-0.05, 0) is 12.3 Å². The number of hydrogen-bond donors (Lipinski definition) is 1. The van der Waals surface area contributed by atoms with E-state index in [0.29, 0.717) is 0 Å². The first kappa shape index (κ1) is 23.9. The first-order chi connectivity index (χ1) is 15.2. The van der Waals surface area contributed by atoms with Gasteiger partial charge in [0.15, 0.2) is 5.96 Å². The standard InChI is InChI=1S/C22H42N8O/c1-4-21-26-25-19-30(21)9-7-24-22(23-6-5-8-27-14-16-31-17-15-27)29-12-10-28(11-13-29)18-20(2)3/h19-20H,4-18H2,1-3H3,(H,23,24). The molecule has 1 N–H and O–H groups in total. The van der Waals surface area contributed by atoms with Crippen LogP contribution in [0.4, 0.5) is 0 Å². The summed E-state index contributed by atoms with van der Waals surface area (Å²) in [5.74, 6) is 2.81. The predicted molar refractivity (Wildman–Crippen MR) is 124 cm³/mol. The Morgan fingerprint density at radius 2 is 1.87 bits per heavy atom. The van der Waals surface area contributed by atoms with Crippen molar-refractivity contribution in [3.8, 4) is 0 Å². The van der Waals surface area contributed by atoms with Gasteiger partial charge in [-0.3, -0.25) is 14.8 Å². The van der Waals surface area contributed by atoms with Gasteiger partial charge >= 0.3 is 0 Å². The molecule has 3 heterocycles. The van der Waals surface area contributed by atoms with E-state index in [9.17, 15) is 0 Å². The van der Waals surface area contributed by atoms with E-state index >= 15 is 0 Å². The summed E-state index contributed by atoms with van der Waals surface area (Å²) >= 11 is 0. The molecule has 0 radical (unpaired) electrons. The molecule has 0 aliphatic carbocycles. The van der Waals surface area contributed by atoms with Crippen LogP contribution in [0.2, 0.25) is 0 Å². The molecule has 0 aromatic carbocycles. The van der Waals surface area contributed by atoms with Gasteiger partial charge in [0, 0.05) is 78.4 Å². The SMILES string of the molecule is CCc1nncn1CCNC(=NCCCN1CCOCC1)N1CCN(CC(C)C)CC1. The van der Waals surface area contributed by atoms with Gasteiger partial charge in [0.25, 0.3) is 0 Å². The van der Waals surface area contributed by atoms with Crippen LogP contribution in [-0.4, -0.2) is 114 Å². The number of rotatable bonds is 10. The van der Waals surface area contributed by atoms with E-state index in [-0.39, 0.29) is 0 Å². The van der Waals surface area contributed by atoms with Gasteiger partial charge in [0.05, 0.1) is 13.2 Å². The number of ether oxygens (including phenoxy) is 1. The molecule has 9 nitrogen and oxygen atoms in total. The molecule has 176 valence electrons. The molecule has 0 saturated carbocycles. The molecule has 0 bridgehead atoms. The highest BCUT2D eigenvalue weighted by Crippen LogP contribution is 2.06. The number of guanidine groups is 1. The minimum absolute atomic E-state index is 0.717. The Kier molecular flexibility index (Phi) is 10.0. The number of hydrogen-bond acceptors (Lipinski definition) is 6. The van der Waals surface area contributed by atoms with Crippen molar-refractivity contribution in [1.29, 1.82) is 0 Å². The second kappa shape index (κ2) is 13.0. The Morgan fingerprint density at radius 1 is 1.10 bits per heavy atom. The molecule has 1 aromatic heterocycles. The highest BCUT2D eigenvalue weighted by molar-refractivity contribution is 5.80. The van der Waals surface area contributed by atoms with Crippen LogP contribution < -0.4 is 5.32 Å². The summed E-state index contributed by atoms with van der Waals surface area (Å²) in [6.45, 7) is 19.6. The molecule has 2 aliphatic rings. The summed E-state index contributed by atoms with van der Waals surface area (Å²) in [6.07, 6.45) is 3.81. The van der Waals surface area contributed by atoms with Crippen LogP contribution in [-0.2, 0) is 17.7 Å². The Bertz CT molecular complexity index is 648. The average molecular weight is 435 g/mol. The maximum atomic E-state index is 5.45. The topological polar surface area (TPSA) is 74.0 Å². The predicted octanol–water partition coefficient (Wildman–Crippen LogP) is 0.782. The summed E-state index contributed by atoms with van der Waals surface area (Å²) in [6, 6.07) is 0. The van der Waals surface area contributed by atoms with E-state index in [2.05, 4.69) is 55.6 Å².